The summed E-state index contributed by atoms with van der Waals surface area (Å²) in [5.74, 6) is 0.407. The van der Waals surface area contributed by atoms with E-state index in [1.54, 1.807) is 12.4 Å². The monoisotopic (exact) mass is 404 g/mol. The zero-order valence-corrected chi connectivity index (χ0v) is 15.5. The van der Waals surface area contributed by atoms with Gasteiger partial charge in [0.1, 0.15) is 23.0 Å². The van der Waals surface area contributed by atoms with E-state index in [0.29, 0.717) is 40.2 Å². The molecule has 0 spiro atoms. The zero-order chi connectivity index (χ0) is 20.2. The molecule has 1 aromatic carbocycles. The molecule has 9 heteroatoms. The number of imidazole rings is 1. The van der Waals surface area contributed by atoms with E-state index in [-0.39, 0.29) is 5.56 Å². The van der Waals surface area contributed by atoms with E-state index in [1.807, 2.05) is 22.7 Å². The lowest BCUT2D eigenvalue weighted by molar-refractivity contribution is 0.380. The van der Waals surface area contributed by atoms with Crippen molar-refractivity contribution in [2.75, 3.05) is 0 Å². The van der Waals surface area contributed by atoms with Gasteiger partial charge in [-0.2, -0.15) is 10.1 Å². The fraction of sp³-hybridized carbons (Fsp3) is 0.143. The molecule has 148 valence electrons. The van der Waals surface area contributed by atoms with Crippen molar-refractivity contribution in [3.8, 4) is 33.9 Å². The van der Waals surface area contributed by atoms with Crippen LogP contribution in [-0.2, 0) is 0 Å². The number of pyridine rings is 1. The van der Waals surface area contributed by atoms with Crippen molar-refractivity contribution >= 4 is 5.65 Å². The van der Waals surface area contributed by atoms with Crippen LogP contribution in [0.25, 0.3) is 39.5 Å². The van der Waals surface area contributed by atoms with Crippen molar-refractivity contribution in [1.82, 2.24) is 29.7 Å². The van der Waals surface area contributed by atoms with Crippen LogP contribution in [0.4, 0.5) is 8.78 Å². The molecule has 0 atom stereocenters. The number of hydrogen-bond donors (Lipinski definition) is 1. The number of H-pyrrole nitrogens is 1. The Morgan fingerprint density at radius 1 is 1.07 bits per heavy atom. The summed E-state index contributed by atoms with van der Waals surface area (Å²) in [5, 5.41) is 10.9. The number of hydrogen-bond acceptors (Lipinski definition) is 5. The van der Waals surface area contributed by atoms with Gasteiger partial charge in [0.15, 0.2) is 0 Å². The fourth-order valence-corrected chi connectivity index (χ4v) is 3.54. The highest BCUT2D eigenvalue weighted by atomic mass is 19.1. The molecule has 0 unspecified atom stereocenters. The van der Waals surface area contributed by atoms with Gasteiger partial charge >= 0.3 is 0 Å². The van der Waals surface area contributed by atoms with E-state index >= 15 is 0 Å². The third-order valence-electron chi connectivity index (χ3n) is 5.25. The first-order valence-corrected chi connectivity index (χ1v) is 9.47. The van der Waals surface area contributed by atoms with Gasteiger partial charge in [0.25, 0.3) is 0 Å². The second-order valence-electron chi connectivity index (χ2n) is 7.30. The Morgan fingerprint density at radius 2 is 1.97 bits per heavy atom. The van der Waals surface area contributed by atoms with E-state index in [1.165, 1.54) is 0 Å². The summed E-state index contributed by atoms with van der Waals surface area (Å²) in [6.45, 7) is 0. The number of aromatic amines is 1. The molecule has 0 saturated heterocycles. The fourth-order valence-electron chi connectivity index (χ4n) is 3.54. The maximum atomic E-state index is 14.3. The smallest absolute Gasteiger partial charge is 0.230 e. The third-order valence-corrected chi connectivity index (χ3v) is 5.25. The largest absolute Gasteiger partial charge is 0.339 e. The highest BCUT2D eigenvalue weighted by Crippen LogP contribution is 2.39. The molecule has 1 fully saturated rings. The first-order valence-electron chi connectivity index (χ1n) is 9.47. The lowest BCUT2D eigenvalue weighted by Gasteiger charge is -2.07. The van der Waals surface area contributed by atoms with Crippen LogP contribution in [-0.4, -0.2) is 29.7 Å². The summed E-state index contributed by atoms with van der Waals surface area (Å²) in [6.07, 6.45) is 7.24. The quantitative estimate of drug-likeness (QED) is 0.473. The van der Waals surface area contributed by atoms with Gasteiger partial charge in [0.2, 0.25) is 11.7 Å². The molecule has 30 heavy (non-hydrogen) atoms. The van der Waals surface area contributed by atoms with Gasteiger partial charge in [-0.25, -0.2) is 13.8 Å². The molecule has 7 nitrogen and oxygen atoms in total. The Bertz CT molecular complexity index is 1400. The third kappa shape index (κ3) is 2.70. The van der Waals surface area contributed by atoms with Gasteiger partial charge in [-0.05, 0) is 43.2 Å². The van der Waals surface area contributed by atoms with Crippen LogP contribution in [0.1, 0.15) is 24.7 Å². The van der Waals surface area contributed by atoms with E-state index in [9.17, 15) is 8.78 Å². The minimum absolute atomic E-state index is 0.112. The van der Waals surface area contributed by atoms with Crippen molar-refractivity contribution in [3.63, 3.8) is 0 Å². The van der Waals surface area contributed by atoms with E-state index in [2.05, 4.69) is 25.3 Å². The number of fused-ring (bicyclic) bond motifs is 1. The molecule has 4 aromatic heterocycles. The number of nitrogens with one attached hydrogen (secondary N) is 1. The van der Waals surface area contributed by atoms with Gasteiger partial charge in [0, 0.05) is 28.8 Å². The SMILES string of the molecule is Fc1ccc(F)c(-c2[nH]ncc2-c2ccc3ncc(-c4noc(C5CC5)n4)n3c2)c1. The second kappa shape index (κ2) is 6.31. The summed E-state index contributed by atoms with van der Waals surface area (Å²) in [7, 11) is 0. The van der Waals surface area contributed by atoms with E-state index < -0.39 is 11.6 Å². The topological polar surface area (TPSA) is 84.9 Å². The summed E-state index contributed by atoms with van der Waals surface area (Å²) < 4.78 is 35.3. The lowest BCUT2D eigenvalue weighted by Crippen LogP contribution is -1.93. The Kier molecular flexibility index (Phi) is 3.58. The average molecular weight is 404 g/mol. The van der Waals surface area contributed by atoms with E-state index in [0.717, 1.165) is 36.6 Å². The Hall–Kier alpha value is -3.88. The number of nitrogens with zero attached hydrogens (tertiary/aromatic N) is 5. The first-order chi connectivity index (χ1) is 14.7. The molecule has 0 amide bonds. The number of halogens is 2. The van der Waals surface area contributed by atoms with Gasteiger partial charge < -0.3 is 4.52 Å². The van der Waals surface area contributed by atoms with Crippen LogP contribution < -0.4 is 0 Å². The standard InChI is InChI=1S/C21H14F2N6O/c22-13-4-5-16(23)14(7-13)19-15(8-25-27-19)12-3-6-18-24-9-17(29(18)10-12)20-26-21(30-28-20)11-1-2-11/h3-11H,1-2H2,(H,25,27). The second-order valence-corrected chi connectivity index (χ2v) is 7.30. The molecule has 1 aliphatic carbocycles. The van der Waals surface area contributed by atoms with Crippen molar-refractivity contribution in [3.05, 3.63) is 66.4 Å². The molecule has 1 N–H and O–H groups in total. The van der Waals surface area contributed by atoms with Crippen LogP contribution in [0.5, 0.6) is 0 Å². The van der Waals surface area contributed by atoms with Gasteiger partial charge in [-0.1, -0.05) is 5.16 Å². The highest BCUT2D eigenvalue weighted by Gasteiger charge is 2.30. The van der Waals surface area contributed by atoms with Gasteiger partial charge in [-0.3, -0.25) is 9.50 Å². The average Bonchev–Trinajstić information content (AvgIpc) is 3.16. The summed E-state index contributed by atoms with van der Waals surface area (Å²) in [6, 6.07) is 7.01. The predicted octanol–water partition coefficient (Wildman–Crippen LogP) is 4.60. The molecule has 1 aliphatic rings. The number of benzene rings is 1. The molecule has 0 radical (unpaired) electrons. The van der Waals surface area contributed by atoms with Crippen LogP contribution in [0.3, 0.4) is 0 Å². The maximum absolute atomic E-state index is 14.3. The summed E-state index contributed by atoms with van der Waals surface area (Å²) >= 11 is 0. The zero-order valence-electron chi connectivity index (χ0n) is 15.5. The molecular formula is C21H14F2N6O. The molecule has 5 aromatic rings. The van der Waals surface area contributed by atoms with Crippen molar-refractivity contribution in [2.45, 2.75) is 18.8 Å². The first kappa shape index (κ1) is 17.0. The number of rotatable bonds is 4. The lowest BCUT2D eigenvalue weighted by atomic mass is 10.0. The molecule has 1 saturated carbocycles. The predicted molar refractivity (Wildman–Crippen MR) is 103 cm³/mol. The molecular weight excluding hydrogens is 390 g/mol. The van der Waals surface area contributed by atoms with Gasteiger partial charge in [-0.15, -0.1) is 0 Å². The van der Waals surface area contributed by atoms with Crippen LogP contribution in [0, 0.1) is 11.6 Å². The molecule has 0 aliphatic heterocycles. The van der Waals surface area contributed by atoms with E-state index in [4.69, 9.17) is 4.52 Å². The van der Waals surface area contributed by atoms with Gasteiger partial charge in [0.05, 0.1) is 18.1 Å². The number of aromatic nitrogens is 6. The van der Waals surface area contributed by atoms with Crippen LogP contribution in [0.15, 0.2) is 53.4 Å². The highest BCUT2D eigenvalue weighted by molar-refractivity contribution is 5.81. The summed E-state index contributed by atoms with van der Waals surface area (Å²) in [4.78, 5) is 8.90. The molecule has 4 heterocycles. The Labute approximate surface area is 168 Å². The Balaban J connectivity index is 1.47. The minimum atomic E-state index is -0.536. The van der Waals surface area contributed by atoms with Crippen molar-refractivity contribution in [1.29, 1.82) is 0 Å². The van der Waals surface area contributed by atoms with Crippen molar-refractivity contribution in [2.24, 2.45) is 0 Å². The molecule has 6 rings (SSSR count). The molecule has 0 bridgehead atoms. The normalized spacial score (nSPS) is 13.9. The van der Waals surface area contributed by atoms with Crippen LogP contribution in [0.2, 0.25) is 0 Å². The van der Waals surface area contributed by atoms with Crippen molar-refractivity contribution < 1.29 is 13.3 Å². The summed E-state index contributed by atoms with van der Waals surface area (Å²) in [5.41, 5.74) is 3.27. The Morgan fingerprint density at radius 3 is 2.83 bits per heavy atom. The van der Waals surface area contributed by atoms with Crippen LogP contribution >= 0.6 is 0 Å². The maximum Gasteiger partial charge on any atom is 0.230 e. The minimum Gasteiger partial charge on any atom is -0.339 e.